The molecular weight excluding hydrogens is 251 g/mol. The monoisotopic (exact) mass is 258 g/mol. The molecule has 84 valence electrons. The average Bonchev–Trinajstić information content (AvgIpc) is 2.47. The van der Waals surface area contributed by atoms with Crippen LogP contribution in [-0.2, 0) is 9.59 Å². The van der Waals surface area contributed by atoms with Gasteiger partial charge in [0.2, 0.25) is 5.91 Å². The van der Waals surface area contributed by atoms with E-state index in [1.165, 1.54) is 0 Å². The Labute approximate surface area is 102 Å². The Balaban J connectivity index is 2.49. The van der Waals surface area contributed by atoms with Crippen LogP contribution in [0.15, 0.2) is 18.2 Å². The number of amides is 2. The lowest BCUT2D eigenvalue weighted by molar-refractivity contribution is -0.121. The number of imide groups is 1. The number of nitrogens with two attached hydrogens (primary N) is 1. The van der Waals surface area contributed by atoms with Gasteiger partial charge in [0.05, 0.1) is 28.2 Å². The summed E-state index contributed by atoms with van der Waals surface area (Å²) in [5.41, 5.74) is 5.79. The van der Waals surface area contributed by atoms with Gasteiger partial charge in [0.1, 0.15) is 0 Å². The van der Waals surface area contributed by atoms with E-state index in [1.807, 2.05) is 0 Å². The minimum absolute atomic E-state index is 0.00166. The highest BCUT2D eigenvalue weighted by molar-refractivity contribution is 6.44. The van der Waals surface area contributed by atoms with Gasteiger partial charge in [0.15, 0.2) is 0 Å². The normalized spacial score (nSPS) is 20.7. The molecule has 1 aromatic carbocycles. The highest BCUT2D eigenvalue weighted by Crippen LogP contribution is 2.34. The number of nitrogens with zero attached hydrogens (tertiary/aromatic N) is 1. The van der Waals surface area contributed by atoms with Crippen LogP contribution in [0.2, 0.25) is 10.0 Å². The van der Waals surface area contributed by atoms with Crippen molar-refractivity contribution in [2.24, 2.45) is 5.73 Å². The van der Waals surface area contributed by atoms with Gasteiger partial charge in [0, 0.05) is 0 Å². The molecule has 1 heterocycles. The van der Waals surface area contributed by atoms with Crippen LogP contribution < -0.4 is 10.6 Å². The lowest BCUT2D eigenvalue weighted by atomic mass is 10.3. The lowest BCUT2D eigenvalue weighted by Crippen LogP contribution is -2.35. The molecule has 2 N–H and O–H groups in total. The van der Waals surface area contributed by atoms with Crippen molar-refractivity contribution in [1.29, 1.82) is 0 Å². The molecule has 0 spiro atoms. The minimum Gasteiger partial charge on any atom is -0.319 e. The second-order valence-corrected chi connectivity index (χ2v) is 4.24. The number of halogens is 2. The van der Waals surface area contributed by atoms with Crippen molar-refractivity contribution in [1.82, 2.24) is 0 Å². The summed E-state index contributed by atoms with van der Waals surface area (Å²) in [6.07, 6.45) is 0.00166. The van der Waals surface area contributed by atoms with Gasteiger partial charge < -0.3 is 5.73 Å². The standard InChI is InChI=1S/C10H8Cl2N2O2/c11-5-2-1-3-7(9(5)12)14-8(15)4-6(13)10(14)16/h1-3,6H,4,13H2. The lowest BCUT2D eigenvalue weighted by Gasteiger charge is -2.16. The zero-order chi connectivity index (χ0) is 11.9. The summed E-state index contributed by atoms with van der Waals surface area (Å²) in [5, 5.41) is 0.472. The molecule has 0 radical (unpaired) electrons. The van der Waals surface area contributed by atoms with Gasteiger partial charge in [-0.3, -0.25) is 9.59 Å². The zero-order valence-corrected chi connectivity index (χ0v) is 9.63. The first-order chi connectivity index (χ1) is 7.52. The van der Waals surface area contributed by atoms with Crippen molar-refractivity contribution < 1.29 is 9.59 Å². The zero-order valence-electron chi connectivity index (χ0n) is 8.11. The second kappa shape index (κ2) is 4.05. The molecule has 0 aliphatic carbocycles. The molecule has 1 fully saturated rings. The van der Waals surface area contributed by atoms with Crippen molar-refractivity contribution in [2.45, 2.75) is 12.5 Å². The average molecular weight is 259 g/mol. The van der Waals surface area contributed by atoms with Crippen LogP contribution in [0.5, 0.6) is 0 Å². The van der Waals surface area contributed by atoms with Crippen LogP contribution >= 0.6 is 23.2 Å². The Morgan fingerprint density at radius 2 is 2.00 bits per heavy atom. The first kappa shape index (κ1) is 11.4. The fraction of sp³-hybridized carbons (Fsp3) is 0.200. The van der Waals surface area contributed by atoms with Gasteiger partial charge in [-0.2, -0.15) is 0 Å². The fourth-order valence-corrected chi connectivity index (χ4v) is 1.95. The first-order valence-electron chi connectivity index (χ1n) is 4.58. The van der Waals surface area contributed by atoms with Crippen LogP contribution in [-0.4, -0.2) is 17.9 Å². The summed E-state index contributed by atoms with van der Waals surface area (Å²) >= 11 is 11.7. The molecule has 16 heavy (non-hydrogen) atoms. The van der Waals surface area contributed by atoms with Crippen LogP contribution in [0.3, 0.4) is 0 Å². The van der Waals surface area contributed by atoms with Gasteiger partial charge in [-0.15, -0.1) is 0 Å². The summed E-state index contributed by atoms with van der Waals surface area (Å²) in [6, 6.07) is 3.97. The van der Waals surface area contributed by atoms with E-state index in [1.54, 1.807) is 18.2 Å². The Hall–Kier alpha value is -1.10. The predicted octanol–water partition coefficient (Wildman–Crippen LogP) is 1.58. The number of hydrogen-bond acceptors (Lipinski definition) is 3. The van der Waals surface area contributed by atoms with Crippen molar-refractivity contribution >= 4 is 40.7 Å². The third kappa shape index (κ3) is 1.69. The maximum atomic E-state index is 11.7. The highest BCUT2D eigenvalue weighted by Gasteiger charge is 2.38. The molecule has 1 aliphatic heterocycles. The number of benzene rings is 1. The Kier molecular flexibility index (Phi) is 2.88. The maximum Gasteiger partial charge on any atom is 0.251 e. The molecule has 2 amide bonds. The molecule has 0 saturated carbocycles. The van der Waals surface area contributed by atoms with Crippen molar-refractivity contribution in [2.75, 3.05) is 4.90 Å². The topological polar surface area (TPSA) is 63.4 Å². The van der Waals surface area contributed by atoms with Gasteiger partial charge >= 0.3 is 0 Å². The molecule has 1 atom stereocenters. The summed E-state index contributed by atoms with van der Waals surface area (Å²) in [5.74, 6) is -0.809. The van der Waals surface area contributed by atoms with E-state index in [0.717, 1.165) is 4.90 Å². The van der Waals surface area contributed by atoms with E-state index in [0.29, 0.717) is 5.02 Å². The number of carbonyl (C=O) groups excluding carboxylic acids is 2. The largest absolute Gasteiger partial charge is 0.319 e. The Morgan fingerprint density at radius 3 is 2.56 bits per heavy atom. The molecule has 1 saturated heterocycles. The van der Waals surface area contributed by atoms with Crippen LogP contribution in [0.4, 0.5) is 5.69 Å². The van der Waals surface area contributed by atoms with Gasteiger partial charge in [-0.1, -0.05) is 29.3 Å². The number of anilines is 1. The van der Waals surface area contributed by atoms with Crippen LogP contribution in [0.1, 0.15) is 6.42 Å². The van der Waals surface area contributed by atoms with E-state index in [4.69, 9.17) is 28.9 Å². The molecular formula is C10H8Cl2N2O2. The molecule has 0 aromatic heterocycles. The molecule has 6 heteroatoms. The quantitative estimate of drug-likeness (QED) is 0.779. The summed E-state index contributed by atoms with van der Waals surface area (Å²) in [6.45, 7) is 0. The molecule has 1 aliphatic rings. The van der Waals surface area contributed by atoms with Crippen molar-refractivity contribution in [3.8, 4) is 0 Å². The first-order valence-corrected chi connectivity index (χ1v) is 5.34. The second-order valence-electron chi connectivity index (χ2n) is 3.45. The van der Waals surface area contributed by atoms with Gasteiger partial charge in [-0.25, -0.2) is 4.90 Å². The summed E-state index contributed by atoms with van der Waals surface area (Å²) < 4.78 is 0. The van der Waals surface area contributed by atoms with Crippen molar-refractivity contribution in [3.05, 3.63) is 28.2 Å². The Bertz CT molecular complexity index is 476. The van der Waals surface area contributed by atoms with Crippen LogP contribution in [0, 0.1) is 0 Å². The van der Waals surface area contributed by atoms with Crippen molar-refractivity contribution in [3.63, 3.8) is 0 Å². The smallest absolute Gasteiger partial charge is 0.251 e. The highest BCUT2D eigenvalue weighted by atomic mass is 35.5. The Morgan fingerprint density at radius 1 is 1.31 bits per heavy atom. The molecule has 1 aromatic rings. The third-order valence-electron chi connectivity index (χ3n) is 2.35. The summed E-state index contributed by atoms with van der Waals surface area (Å²) in [4.78, 5) is 24.2. The molecule has 1 unspecified atom stereocenters. The number of rotatable bonds is 1. The van der Waals surface area contributed by atoms with E-state index < -0.39 is 11.9 Å². The van der Waals surface area contributed by atoms with Crippen LogP contribution in [0.25, 0.3) is 0 Å². The SMILES string of the molecule is NC1CC(=O)N(c2cccc(Cl)c2Cl)C1=O. The fourth-order valence-electron chi connectivity index (χ4n) is 1.57. The predicted molar refractivity (Wildman–Crippen MR) is 61.5 cm³/mol. The molecule has 4 nitrogen and oxygen atoms in total. The minimum atomic E-state index is -0.789. The number of carbonyl (C=O) groups is 2. The summed E-state index contributed by atoms with van der Waals surface area (Å²) in [7, 11) is 0. The van der Waals surface area contributed by atoms with Gasteiger partial charge in [0.25, 0.3) is 5.91 Å². The molecule has 0 bridgehead atoms. The maximum absolute atomic E-state index is 11.7. The molecule has 2 rings (SSSR count). The van der Waals surface area contributed by atoms with Gasteiger partial charge in [-0.05, 0) is 12.1 Å². The number of hydrogen-bond donors (Lipinski definition) is 1. The van der Waals surface area contributed by atoms with E-state index in [2.05, 4.69) is 0 Å². The third-order valence-corrected chi connectivity index (χ3v) is 3.16. The van der Waals surface area contributed by atoms with E-state index >= 15 is 0 Å². The van der Waals surface area contributed by atoms with E-state index in [-0.39, 0.29) is 23.0 Å². The van der Waals surface area contributed by atoms with E-state index in [9.17, 15) is 9.59 Å².